The third kappa shape index (κ3) is 5.48. The molecule has 0 spiro atoms. The number of ether oxygens (including phenoxy) is 1. The highest BCUT2D eigenvalue weighted by Crippen LogP contribution is 2.29. The minimum atomic E-state index is 0.0344. The van der Waals surface area contributed by atoms with E-state index in [2.05, 4.69) is 35.1 Å². The third-order valence-electron chi connectivity index (χ3n) is 4.57. The molecule has 0 bridgehead atoms. The molecule has 3 rings (SSSR count). The minimum Gasteiger partial charge on any atom is -0.493 e. The number of fused-ring (bicyclic) bond motifs is 1. The predicted molar refractivity (Wildman–Crippen MR) is 118 cm³/mol. The van der Waals surface area contributed by atoms with Crippen LogP contribution in [-0.2, 0) is 11.3 Å². The Kier molecular flexibility index (Phi) is 7.09. The second-order valence-corrected chi connectivity index (χ2v) is 8.03. The molecule has 0 N–H and O–H groups in total. The first-order valence-electron chi connectivity index (χ1n) is 9.80. The van der Waals surface area contributed by atoms with Crippen molar-refractivity contribution in [3.05, 3.63) is 59.4 Å². The molecule has 1 heterocycles. The Morgan fingerprint density at radius 1 is 1.10 bits per heavy atom. The molecule has 29 heavy (non-hydrogen) atoms. The SMILES string of the molecule is CCCOc1ccc2ccccc2c1CN(C)C(=O)CSc1nc(C)cc(C)n1. The molecule has 5 nitrogen and oxygen atoms in total. The number of thioether (sulfide) groups is 1. The van der Waals surface area contributed by atoms with Crippen LogP contribution in [0.4, 0.5) is 0 Å². The smallest absolute Gasteiger partial charge is 0.233 e. The van der Waals surface area contributed by atoms with Crippen LogP contribution in [0.5, 0.6) is 5.75 Å². The lowest BCUT2D eigenvalue weighted by molar-refractivity contribution is -0.127. The lowest BCUT2D eigenvalue weighted by Crippen LogP contribution is -2.28. The van der Waals surface area contributed by atoms with Gasteiger partial charge in [0.05, 0.1) is 12.4 Å². The fourth-order valence-electron chi connectivity index (χ4n) is 3.15. The zero-order chi connectivity index (χ0) is 20.8. The van der Waals surface area contributed by atoms with E-state index in [0.717, 1.165) is 39.9 Å². The molecule has 0 atom stereocenters. The molecule has 2 aromatic carbocycles. The molecule has 0 aliphatic carbocycles. The average Bonchev–Trinajstić information content (AvgIpc) is 2.70. The summed E-state index contributed by atoms with van der Waals surface area (Å²) in [5.74, 6) is 1.18. The van der Waals surface area contributed by atoms with Crippen molar-refractivity contribution in [3.8, 4) is 5.75 Å². The number of rotatable bonds is 8. The molecule has 3 aromatic rings. The van der Waals surface area contributed by atoms with Crippen LogP contribution in [0, 0.1) is 13.8 Å². The fourth-order valence-corrected chi connectivity index (χ4v) is 4.04. The van der Waals surface area contributed by atoms with Gasteiger partial charge in [-0.2, -0.15) is 0 Å². The fraction of sp³-hybridized carbons (Fsp3) is 0.348. The van der Waals surface area contributed by atoms with Crippen molar-refractivity contribution in [2.24, 2.45) is 0 Å². The molecule has 1 amide bonds. The number of benzene rings is 2. The number of nitrogens with zero attached hydrogens (tertiary/aromatic N) is 3. The van der Waals surface area contributed by atoms with E-state index in [1.165, 1.54) is 11.8 Å². The summed E-state index contributed by atoms with van der Waals surface area (Å²) < 4.78 is 5.97. The van der Waals surface area contributed by atoms with Crippen LogP contribution >= 0.6 is 11.8 Å². The first-order valence-corrected chi connectivity index (χ1v) is 10.8. The Bertz CT molecular complexity index is 986. The van der Waals surface area contributed by atoms with E-state index in [1.807, 2.05) is 45.2 Å². The lowest BCUT2D eigenvalue weighted by Gasteiger charge is -2.21. The summed E-state index contributed by atoms with van der Waals surface area (Å²) in [6.45, 7) is 7.11. The Morgan fingerprint density at radius 3 is 2.55 bits per heavy atom. The molecule has 0 fully saturated rings. The van der Waals surface area contributed by atoms with Crippen LogP contribution in [0.15, 0.2) is 47.6 Å². The van der Waals surface area contributed by atoms with Gasteiger partial charge in [0.2, 0.25) is 5.91 Å². The monoisotopic (exact) mass is 409 g/mol. The molecule has 0 aliphatic rings. The molecule has 6 heteroatoms. The topological polar surface area (TPSA) is 55.3 Å². The molecule has 152 valence electrons. The maximum absolute atomic E-state index is 12.8. The van der Waals surface area contributed by atoms with Gasteiger partial charge in [0.1, 0.15) is 5.75 Å². The van der Waals surface area contributed by atoms with Gasteiger partial charge in [0.15, 0.2) is 5.16 Å². The third-order valence-corrected chi connectivity index (χ3v) is 5.40. The van der Waals surface area contributed by atoms with Crippen LogP contribution in [-0.4, -0.2) is 40.2 Å². The quantitative estimate of drug-likeness (QED) is 0.396. The van der Waals surface area contributed by atoms with Crippen LogP contribution in [0.25, 0.3) is 10.8 Å². The molecule has 0 saturated carbocycles. The molecule has 0 radical (unpaired) electrons. The van der Waals surface area contributed by atoms with Gasteiger partial charge in [-0.05, 0) is 43.2 Å². The van der Waals surface area contributed by atoms with Gasteiger partial charge in [-0.3, -0.25) is 4.79 Å². The van der Waals surface area contributed by atoms with E-state index in [1.54, 1.807) is 4.90 Å². The van der Waals surface area contributed by atoms with Gasteiger partial charge in [-0.15, -0.1) is 0 Å². The Labute approximate surface area is 176 Å². The normalized spacial score (nSPS) is 10.9. The van der Waals surface area contributed by atoms with Crippen LogP contribution in [0.1, 0.15) is 30.3 Å². The summed E-state index contributed by atoms with van der Waals surface area (Å²) in [4.78, 5) is 23.3. The molecule has 0 saturated heterocycles. The molecule has 0 unspecified atom stereocenters. The van der Waals surface area contributed by atoms with Gasteiger partial charge >= 0.3 is 0 Å². The lowest BCUT2D eigenvalue weighted by atomic mass is 10.0. The zero-order valence-corrected chi connectivity index (χ0v) is 18.3. The first-order chi connectivity index (χ1) is 14.0. The number of carbonyl (C=O) groups is 1. The highest BCUT2D eigenvalue weighted by molar-refractivity contribution is 7.99. The summed E-state index contributed by atoms with van der Waals surface area (Å²) in [5, 5.41) is 2.90. The first kappa shape index (κ1) is 21.1. The van der Waals surface area contributed by atoms with Crippen LogP contribution < -0.4 is 4.74 Å². The van der Waals surface area contributed by atoms with Crippen molar-refractivity contribution < 1.29 is 9.53 Å². The minimum absolute atomic E-state index is 0.0344. The van der Waals surface area contributed by atoms with Gasteiger partial charge in [0, 0.05) is 30.5 Å². The molecule has 1 aromatic heterocycles. The van der Waals surface area contributed by atoms with E-state index in [9.17, 15) is 4.79 Å². The van der Waals surface area contributed by atoms with E-state index in [-0.39, 0.29) is 5.91 Å². The molecular formula is C23H27N3O2S. The number of hydrogen-bond acceptors (Lipinski definition) is 5. The molecular weight excluding hydrogens is 382 g/mol. The van der Waals surface area contributed by atoms with Gasteiger partial charge in [-0.1, -0.05) is 49.0 Å². The number of carbonyl (C=O) groups excluding carboxylic acids is 1. The van der Waals surface area contributed by atoms with Crippen molar-refractivity contribution in [3.63, 3.8) is 0 Å². The second-order valence-electron chi connectivity index (χ2n) is 7.08. The highest BCUT2D eigenvalue weighted by atomic mass is 32.2. The van der Waals surface area contributed by atoms with Gasteiger partial charge in [0.25, 0.3) is 0 Å². The Morgan fingerprint density at radius 2 is 1.83 bits per heavy atom. The van der Waals surface area contributed by atoms with Crippen molar-refractivity contribution in [2.75, 3.05) is 19.4 Å². The second kappa shape index (κ2) is 9.74. The number of aryl methyl sites for hydroxylation is 2. The van der Waals surface area contributed by atoms with E-state index < -0.39 is 0 Å². The standard InChI is InChI=1S/C23H27N3O2S/c1-5-12-28-21-11-10-18-8-6-7-9-19(18)20(21)14-26(4)22(27)15-29-23-24-16(2)13-17(3)25-23/h6-11,13H,5,12,14-15H2,1-4H3. The summed E-state index contributed by atoms with van der Waals surface area (Å²) in [6.07, 6.45) is 0.938. The van der Waals surface area contributed by atoms with Crippen LogP contribution in [0.3, 0.4) is 0 Å². The van der Waals surface area contributed by atoms with E-state index in [4.69, 9.17) is 4.74 Å². The van der Waals surface area contributed by atoms with Gasteiger partial charge in [-0.25, -0.2) is 9.97 Å². The van der Waals surface area contributed by atoms with Crippen LogP contribution in [0.2, 0.25) is 0 Å². The van der Waals surface area contributed by atoms with Crippen molar-refractivity contribution >= 4 is 28.4 Å². The maximum Gasteiger partial charge on any atom is 0.233 e. The largest absolute Gasteiger partial charge is 0.493 e. The summed E-state index contributed by atoms with van der Waals surface area (Å²) in [7, 11) is 1.83. The molecule has 0 aliphatic heterocycles. The maximum atomic E-state index is 12.8. The van der Waals surface area contributed by atoms with Crippen molar-refractivity contribution in [1.82, 2.24) is 14.9 Å². The summed E-state index contributed by atoms with van der Waals surface area (Å²) in [5.41, 5.74) is 2.86. The number of aromatic nitrogens is 2. The van der Waals surface area contributed by atoms with E-state index >= 15 is 0 Å². The Hall–Kier alpha value is -2.60. The predicted octanol–water partition coefficient (Wildman–Crippen LogP) is 4.79. The Balaban J connectivity index is 1.75. The summed E-state index contributed by atoms with van der Waals surface area (Å²) in [6, 6.07) is 14.2. The average molecular weight is 410 g/mol. The van der Waals surface area contributed by atoms with Crippen molar-refractivity contribution in [2.45, 2.75) is 38.9 Å². The highest BCUT2D eigenvalue weighted by Gasteiger charge is 2.16. The zero-order valence-electron chi connectivity index (χ0n) is 17.4. The number of hydrogen-bond donors (Lipinski definition) is 0. The van der Waals surface area contributed by atoms with Gasteiger partial charge < -0.3 is 9.64 Å². The summed E-state index contributed by atoms with van der Waals surface area (Å²) >= 11 is 1.37. The van der Waals surface area contributed by atoms with Crippen molar-refractivity contribution in [1.29, 1.82) is 0 Å². The number of amides is 1. The van der Waals surface area contributed by atoms with E-state index in [0.29, 0.717) is 24.1 Å².